The summed E-state index contributed by atoms with van der Waals surface area (Å²) in [6.07, 6.45) is 1.70. The van der Waals surface area contributed by atoms with Gasteiger partial charge in [-0.3, -0.25) is 0 Å². The number of fused-ring (bicyclic) bond motifs is 1. The summed E-state index contributed by atoms with van der Waals surface area (Å²) in [4.78, 5) is 11.1. The molecule has 1 aliphatic rings. The molecule has 0 saturated carbocycles. The van der Waals surface area contributed by atoms with Gasteiger partial charge < -0.3 is 19.1 Å². The Bertz CT molecular complexity index is 635. The molecule has 0 spiro atoms. The van der Waals surface area contributed by atoms with Gasteiger partial charge in [-0.2, -0.15) is 0 Å². The van der Waals surface area contributed by atoms with Crippen LogP contribution in [0.3, 0.4) is 0 Å². The lowest BCUT2D eigenvalue weighted by molar-refractivity contribution is 0.0688. The number of aromatic carboxylic acids is 1. The average molecular weight is 310 g/mol. The van der Waals surface area contributed by atoms with Crippen LogP contribution in [0.5, 0.6) is 11.5 Å². The van der Waals surface area contributed by atoms with Gasteiger partial charge in [0.1, 0.15) is 5.69 Å². The van der Waals surface area contributed by atoms with Gasteiger partial charge in [-0.25, -0.2) is 4.79 Å². The monoisotopic (exact) mass is 309 g/mol. The van der Waals surface area contributed by atoms with Gasteiger partial charge in [-0.05, 0) is 34.1 Å². The molecule has 5 nitrogen and oxygen atoms in total. The summed E-state index contributed by atoms with van der Waals surface area (Å²) in [5.74, 6) is 0.300. The van der Waals surface area contributed by atoms with Crippen LogP contribution in [0.25, 0.3) is 5.69 Å². The van der Waals surface area contributed by atoms with E-state index in [0.717, 1.165) is 0 Å². The van der Waals surface area contributed by atoms with Crippen LogP contribution in [0.15, 0.2) is 34.9 Å². The van der Waals surface area contributed by atoms with Crippen molar-refractivity contribution >= 4 is 21.9 Å². The van der Waals surface area contributed by atoms with Crippen molar-refractivity contribution in [1.29, 1.82) is 0 Å². The number of carboxylic acids is 1. The van der Waals surface area contributed by atoms with Gasteiger partial charge in [-0.1, -0.05) is 0 Å². The number of halogens is 1. The molecule has 1 N–H and O–H groups in total. The van der Waals surface area contributed by atoms with Gasteiger partial charge in [0.25, 0.3) is 0 Å². The molecular weight excluding hydrogens is 302 g/mol. The van der Waals surface area contributed by atoms with Crippen molar-refractivity contribution in [1.82, 2.24) is 4.57 Å². The van der Waals surface area contributed by atoms with Crippen LogP contribution in [0.1, 0.15) is 10.5 Å². The quantitative estimate of drug-likeness (QED) is 0.926. The molecule has 18 heavy (non-hydrogen) atoms. The second-order valence-electron chi connectivity index (χ2n) is 3.76. The van der Waals surface area contributed by atoms with E-state index >= 15 is 0 Å². The molecular formula is C12H8BrNO4. The highest BCUT2D eigenvalue weighted by Crippen LogP contribution is 2.34. The maximum Gasteiger partial charge on any atom is 0.352 e. The van der Waals surface area contributed by atoms with E-state index in [2.05, 4.69) is 15.9 Å². The minimum Gasteiger partial charge on any atom is -0.477 e. The highest BCUT2D eigenvalue weighted by atomic mass is 79.9. The summed E-state index contributed by atoms with van der Waals surface area (Å²) in [6.45, 7) is 0.194. The molecule has 0 radical (unpaired) electrons. The molecule has 0 aliphatic carbocycles. The maximum atomic E-state index is 11.1. The molecule has 2 aromatic rings. The van der Waals surface area contributed by atoms with Crippen LogP contribution in [-0.2, 0) is 0 Å². The minimum absolute atomic E-state index is 0.181. The normalized spacial score (nSPS) is 12.7. The van der Waals surface area contributed by atoms with Gasteiger partial charge in [0, 0.05) is 22.4 Å². The number of carbonyl (C=O) groups is 1. The first-order chi connectivity index (χ1) is 8.65. The Morgan fingerprint density at radius 2 is 2.06 bits per heavy atom. The maximum absolute atomic E-state index is 11.1. The molecule has 0 atom stereocenters. The summed E-state index contributed by atoms with van der Waals surface area (Å²) in [6, 6.07) is 6.84. The van der Waals surface area contributed by atoms with Gasteiger partial charge in [0.15, 0.2) is 11.5 Å². The number of carboxylic acid groups (broad SMARTS) is 1. The number of aromatic nitrogens is 1. The van der Waals surface area contributed by atoms with Crippen molar-refractivity contribution in [3.63, 3.8) is 0 Å². The SMILES string of the molecule is O=C(O)c1cc(Br)cn1-c1ccc2c(c1)OCO2. The van der Waals surface area contributed by atoms with Crippen molar-refractivity contribution in [3.05, 3.63) is 40.6 Å². The molecule has 6 heteroatoms. The molecule has 92 valence electrons. The number of hydrogen-bond acceptors (Lipinski definition) is 3. The molecule has 2 heterocycles. The van der Waals surface area contributed by atoms with E-state index in [1.807, 2.05) is 0 Å². The van der Waals surface area contributed by atoms with Crippen LogP contribution >= 0.6 is 15.9 Å². The number of nitrogens with zero attached hydrogens (tertiary/aromatic N) is 1. The van der Waals surface area contributed by atoms with E-state index in [1.165, 1.54) is 0 Å². The Labute approximate surface area is 111 Å². The van der Waals surface area contributed by atoms with E-state index in [9.17, 15) is 4.79 Å². The van der Waals surface area contributed by atoms with Crippen LogP contribution in [0.2, 0.25) is 0 Å². The topological polar surface area (TPSA) is 60.7 Å². The van der Waals surface area contributed by atoms with Crippen molar-refractivity contribution in [3.8, 4) is 17.2 Å². The average Bonchev–Trinajstić information content (AvgIpc) is 2.93. The van der Waals surface area contributed by atoms with Crippen LogP contribution < -0.4 is 9.47 Å². The Hall–Kier alpha value is -1.95. The molecule has 1 aliphatic heterocycles. The van der Waals surface area contributed by atoms with Crippen LogP contribution in [0, 0.1) is 0 Å². The van der Waals surface area contributed by atoms with E-state index in [0.29, 0.717) is 21.7 Å². The molecule has 0 fully saturated rings. The lowest BCUT2D eigenvalue weighted by atomic mass is 10.2. The molecule has 0 amide bonds. The standard InChI is InChI=1S/C12H8BrNO4/c13-7-3-9(12(15)16)14(5-7)8-1-2-10-11(4-8)18-6-17-10/h1-5H,6H2,(H,15,16). The number of ether oxygens (including phenoxy) is 2. The van der Waals surface area contributed by atoms with E-state index in [4.69, 9.17) is 14.6 Å². The van der Waals surface area contributed by atoms with Crippen molar-refractivity contribution in [2.75, 3.05) is 6.79 Å². The first kappa shape index (κ1) is 11.2. The molecule has 0 saturated heterocycles. The number of benzene rings is 1. The summed E-state index contributed by atoms with van der Waals surface area (Å²) < 4.78 is 12.8. The molecule has 1 aromatic heterocycles. The van der Waals surface area contributed by atoms with Crippen molar-refractivity contribution < 1.29 is 19.4 Å². The van der Waals surface area contributed by atoms with E-state index < -0.39 is 5.97 Å². The van der Waals surface area contributed by atoms with Crippen molar-refractivity contribution in [2.24, 2.45) is 0 Å². The fourth-order valence-corrected chi connectivity index (χ4v) is 2.27. The molecule has 1 aromatic carbocycles. The third-order valence-electron chi connectivity index (χ3n) is 2.64. The van der Waals surface area contributed by atoms with E-state index in [1.54, 1.807) is 35.0 Å². The summed E-state index contributed by atoms with van der Waals surface area (Å²) in [5.41, 5.74) is 0.892. The fraction of sp³-hybridized carbons (Fsp3) is 0.0833. The second-order valence-corrected chi connectivity index (χ2v) is 4.67. The lowest BCUT2D eigenvalue weighted by Crippen LogP contribution is -2.05. The Balaban J connectivity index is 2.12. The Kier molecular flexibility index (Phi) is 2.52. The third-order valence-corrected chi connectivity index (χ3v) is 3.07. The first-order valence-corrected chi connectivity index (χ1v) is 5.95. The summed E-state index contributed by atoms with van der Waals surface area (Å²) in [5, 5.41) is 9.14. The van der Waals surface area contributed by atoms with Gasteiger partial charge in [0.05, 0.1) is 0 Å². The predicted molar refractivity (Wildman–Crippen MR) is 66.6 cm³/mol. The second kappa shape index (κ2) is 4.06. The first-order valence-electron chi connectivity index (χ1n) is 5.16. The Morgan fingerprint density at radius 3 is 2.83 bits per heavy atom. The smallest absolute Gasteiger partial charge is 0.352 e. The fourth-order valence-electron chi connectivity index (χ4n) is 1.84. The highest BCUT2D eigenvalue weighted by molar-refractivity contribution is 9.10. The number of hydrogen-bond donors (Lipinski definition) is 1. The number of rotatable bonds is 2. The van der Waals surface area contributed by atoms with Crippen LogP contribution in [-0.4, -0.2) is 22.4 Å². The largest absolute Gasteiger partial charge is 0.477 e. The summed E-state index contributed by atoms with van der Waals surface area (Å²) >= 11 is 3.27. The third kappa shape index (κ3) is 1.74. The minimum atomic E-state index is -0.988. The zero-order valence-electron chi connectivity index (χ0n) is 9.09. The zero-order chi connectivity index (χ0) is 12.7. The lowest BCUT2D eigenvalue weighted by Gasteiger charge is -2.06. The van der Waals surface area contributed by atoms with Gasteiger partial charge in [-0.15, -0.1) is 0 Å². The van der Waals surface area contributed by atoms with Crippen LogP contribution in [0.4, 0.5) is 0 Å². The van der Waals surface area contributed by atoms with Gasteiger partial charge >= 0.3 is 5.97 Å². The summed E-state index contributed by atoms with van der Waals surface area (Å²) in [7, 11) is 0. The predicted octanol–water partition coefficient (Wildman–Crippen LogP) is 2.67. The van der Waals surface area contributed by atoms with E-state index in [-0.39, 0.29) is 12.5 Å². The zero-order valence-corrected chi connectivity index (χ0v) is 10.7. The molecule has 3 rings (SSSR count). The molecule has 0 bridgehead atoms. The van der Waals surface area contributed by atoms with Gasteiger partial charge in [0.2, 0.25) is 6.79 Å². The Morgan fingerprint density at radius 1 is 1.28 bits per heavy atom. The molecule has 0 unspecified atom stereocenters. The van der Waals surface area contributed by atoms with Crippen molar-refractivity contribution in [2.45, 2.75) is 0 Å². The highest BCUT2D eigenvalue weighted by Gasteiger charge is 2.17.